The van der Waals surface area contributed by atoms with E-state index in [4.69, 9.17) is 11.6 Å². The molecule has 22 heavy (non-hydrogen) atoms. The molecular formula is C16H13ClN2O3. The number of nitrogens with zero attached hydrogens (tertiary/aromatic N) is 1. The predicted octanol–water partition coefficient (Wildman–Crippen LogP) is 4.21. The van der Waals surface area contributed by atoms with Crippen LogP contribution in [0.2, 0.25) is 5.02 Å². The van der Waals surface area contributed by atoms with E-state index in [-0.39, 0.29) is 11.6 Å². The summed E-state index contributed by atoms with van der Waals surface area (Å²) < 4.78 is 0. The number of hydrogen-bond acceptors (Lipinski definition) is 3. The van der Waals surface area contributed by atoms with Crippen LogP contribution in [-0.2, 0) is 4.79 Å². The average Bonchev–Trinajstić information content (AvgIpc) is 2.48. The lowest BCUT2D eigenvalue weighted by molar-refractivity contribution is -0.384. The molecule has 0 aliphatic rings. The second-order valence-corrected chi connectivity index (χ2v) is 5.01. The number of nitrogens with one attached hydrogen (secondary N) is 1. The normalized spacial score (nSPS) is 10.6. The number of nitro benzene ring substituents is 1. The lowest BCUT2D eigenvalue weighted by atomic mass is 10.1. The second kappa shape index (κ2) is 6.87. The maximum absolute atomic E-state index is 11.9. The molecule has 1 amide bonds. The summed E-state index contributed by atoms with van der Waals surface area (Å²) in [6.07, 6.45) is 2.92. The summed E-state index contributed by atoms with van der Waals surface area (Å²) in [5, 5.41) is 13.9. The molecule has 0 aromatic heterocycles. The predicted molar refractivity (Wildman–Crippen MR) is 86.9 cm³/mol. The van der Waals surface area contributed by atoms with E-state index in [0.717, 1.165) is 11.1 Å². The van der Waals surface area contributed by atoms with Crippen LogP contribution in [0.1, 0.15) is 11.1 Å². The van der Waals surface area contributed by atoms with Crippen molar-refractivity contribution in [3.63, 3.8) is 0 Å². The Balaban J connectivity index is 2.14. The van der Waals surface area contributed by atoms with Crippen LogP contribution >= 0.6 is 11.6 Å². The molecule has 112 valence electrons. The van der Waals surface area contributed by atoms with E-state index in [1.165, 1.54) is 18.2 Å². The standard InChI is InChI=1S/C16H13ClN2O3/c1-11-6-8-13(19(21)22)10-15(11)18-16(20)9-7-12-4-2-3-5-14(12)17/h2-10H,1H3,(H,18,20). The van der Waals surface area contributed by atoms with Crippen molar-refractivity contribution in [1.82, 2.24) is 0 Å². The van der Waals surface area contributed by atoms with Gasteiger partial charge in [-0.3, -0.25) is 14.9 Å². The SMILES string of the molecule is Cc1ccc([N+](=O)[O-])cc1NC(=O)C=Cc1ccccc1Cl. The van der Waals surface area contributed by atoms with Crippen molar-refractivity contribution >= 4 is 35.0 Å². The molecule has 0 atom stereocenters. The highest BCUT2D eigenvalue weighted by atomic mass is 35.5. The van der Waals surface area contributed by atoms with E-state index in [0.29, 0.717) is 10.7 Å². The number of non-ortho nitro benzene ring substituents is 1. The zero-order valence-electron chi connectivity index (χ0n) is 11.7. The Kier molecular flexibility index (Phi) is 4.91. The van der Waals surface area contributed by atoms with Crippen LogP contribution in [-0.4, -0.2) is 10.8 Å². The monoisotopic (exact) mass is 316 g/mol. The zero-order chi connectivity index (χ0) is 16.1. The molecule has 2 rings (SSSR count). The van der Waals surface area contributed by atoms with Gasteiger partial charge in [0, 0.05) is 23.2 Å². The largest absolute Gasteiger partial charge is 0.322 e. The van der Waals surface area contributed by atoms with Gasteiger partial charge in [0.25, 0.3) is 5.69 Å². The number of halogens is 1. The van der Waals surface area contributed by atoms with E-state index >= 15 is 0 Å². The van der Waals surface area contributed by atoms with Crippen LogP contribution in [0.4, 0.5) is 11.4 Å². The van der Waals surface area contributed by atoms with Crippen molar-refractivity contribution < 1.29 is 9.72 Å². The van der Waals surface area contributed by atoms with Gasteiger partial charge in [0.15, 0.2) is 0 Å². The Labute approximate surface area is 132 Å². The fraction of sp³-hybridized carbons (Fsp3) is 0.0625. The third kappa shape index (κ3) is 3.93. The first-order chi connectivity index (χ1) is 10.5. The molecule has 0 unspecified atom stereocenters. The molecule has 0 radical (unpaired) electrons. The molecular weight excluding hydrogens is 304 g/mol. The zero-order valence-corrected chi connectivity index (χ0v) is 12.5. The number of carbonyl (C=O) groups excluding carboxylic acids is 1. The molecule has 0 saturated heterocycles. The van der Waals surface area contributed by atoms with Crippen LogP contribution < -0.4 is 5.32 Å². The summed E-state index contributed by atoms with van der Waals surface area (Å²) in [6, 6.07) is 11.4. The van der Waals surface area contributed by atoms with Crippen molar-refractivity contribution in [3.05, 3.63) is 74.8 Å². The first-order valence-electron chi connectivity index (χ1n) is 6.46. The molecule has 0 heterocycles. The molecule has 2 aromatic carbocycles. The number of carbonyl (C=O) groups is 1. The summed E-state index contributed by atoms with van der Waals surface area (Å²) in [4.78, 5) is 22.2. The first-order valence-corrected chi connectivity index (χ1v) is 6.84. The van der Waals surface area contributed by atoms with Crippen LogP contribution in [0.15, 0.2) is 48.5 Å². The molecule has 0 spiro atoms. The Morgan fingerprint density at radius 2 is 2.00 bits per heavy atom. The van der Waals surface area contributed by atoms with Crippen molar-refractivity contribution in [2.24, 2.45) is 0 Å². The lowest BCUT2D eigenvalue weighted by Gasteiger charge is -2.06. The van der Waals surface area contributed by atoms with Gasteiger partial charge in [-0.1, -0.05) is 35.9 Å². The summed E-state index contributed by atoms with van der Waals surface area (Å²) in [5.74, 6) is -0.386. The van der Waals surface area contributed by atoms with Crippen LogP contribution in [0, 0.1) is 17.0 Å². The van der Waals surface area contributed by atoms with E-state index in [9.17, 15) is 14.9 Å². The number of benzene rings is 2. The summed E-state index contributed by atoms with van der Waals surface area (Å²) >= 11 is 5.99. The van der Waals surface area contributed by atoms with Gasteiger partial charge in [0.05, 0.1) is 10.6 Å². The van der Waals surface area contributed by atoms with Gasteiger partial charge in [-0.25, -0.2) is 0 Å². The number of amides is 1. The Morgan fingerprint density at radius 3 is 2.68 bits per heavy atom. The summed E-state index contributed by atoms with van der Waals surface area (Å²) in [6.45, 7) is 1.76. The molecule has 2 aromatic rings. The Hall–Kier alpha value is -2.66. The van der Waals surface area contributed by atoms with E-state index in [1.54, 1.807) is 37.3 Å². The van der Waals surface area contributed by atoms with Gasteiger partial charge in [-0.2, -0.15) is 0 Å². The van der Waals surface area contributed by atoms with Crippen molar-refractivity contribution in [1.29, 1.82) is 0 Å². The first kappa shape index (κ1) is 15.7. The van der Waals surface area contributed by atoms with E-state index < -0.39 is 4.92 Å². The van der Waals surface area contributed by atoms with Crippen molar-refractivity contribution in [2.75, 3.05) is 5.32 Å². The molecule has 0 aliphatic heterocycles. The molecule has 0 fully saturated rings. The lowest BCUT2D eigenvalue weighted by Crippen LogP contribution is -2.09. The number of aryl methyl sites for hydroxylation is 1. The third-order valence-electron chi connectivity index (χ3n) is 3.01. The van der Waals surface area contributed by atoms with Crippen molar-refractivity contribution in [2.45, 2.75) is 6.92 Å². The minimum Gasteiger partial charge on any atom is -0.322 e. The van der Waals surface area contributed by atoms with Gasteiger partial charge in [0.2, 0.25) is 5.91 Å². The molecule has 0 bridgehead atoms. The van der Waals surface area contributed by atoms with E-state index in [2.05, 4.69) is 5.32 Å². The molecule has 5 nitrogen and oxygen atoms in total. The maximum atomic E-state index is 11.9. The Morgan fingerprint density at radius 1 is 1.27 bits per heavy atom. The average molecular weight is 317 g/mol. The Bertz CT molecular complexity index is 757. The van der Waals surface area contributed by atoms with Crippen LogP contribution in [0.5, 0.6) is 0 Å². The highest BCUT2D eigenvalue weighted by molar-refractivity contribution is 6.32. The highest BCUT2D eigenvalue weighted by Gasteiger charge is 2.09. The fourth-order valence-electron chi connectivity index (χ4n) is 1.81. The van der Waals surface area contributed by atoms with Crippen LogP contribution in [0.25, 0.3) is 6.08 Å². The molecule has 6 heteroatoms. The van der Waals surface area contributed by atoms with Gasteiger partial charge >= 0.3 is 0 Å². The summed E-state index contributed by atoms with van der Waals surface area (Å²) in [7, 11) is 0. The summed E-state index contributed by atoms with van der Waals surface area (Å²) in [5.41, 5.74) is 1.79. The highest BCUT2D eigenvalue weighted by Crippen LogP contribution is 2.22. The number of nitro groups is 1. The fourth-order valence-corrected chi connectivity index (χ4v) is 2.01. The second-order valence-electron chi connectivity index (χ2n) is 4.60. The topological polar surface area (TPSA) is 72.2 Å². The molecule has 0 saturated carbocycles. The van der Waals surface area contributed by atoms with Crippen LogP contribution in [0.3, 0.4) is 0 Å². The smallest absolute Gasteiger partial charge is 0.271 e. The van der Waals surface area contributed by atoms with Gasteiger partial charge in [-0.15, -0.1) is 0 Å². The van der Waals surface area contributed by atoms with Gasteiger partial charge < -0.3 is 5.32 Å². The van der Waals surface area contributed by atoms with Gasteiger partial charge in [-0.05, 0) is 30.2 Å². The van der Waals surface area contributed by atoms with E-state index in [1.807, 2.05) is 6.07 Å². The molecule has 0 aliphatic carbocycles. The number of anilines is 1. The number of hydrogen-bond donors (Lipinski definition) is 1. The minimum atomic E-state index is -0.505. The minimum absolute atomic E-state index is 0.0732. The third-order valence-corrected chi connectivity index (χ3v) is 3.35. The molecule has 1 N–H and O–H groups in total. The quantitative estimate of drug-likeness (QED) is 0.521. The maximum Gasteiger partial charge on any atom is 0.271 e. The number of rotatable bonds is 4. The van der Waals surface area contributed by atoms with Gasteiger partial charge in [0.1, 0.15) is 0 Å². The van der Waals surface area contributed by atoms with Crippen molar-refractivity contribution in [3.8, 4) is 0 Å².